The van der Waals surface area contributed by atoms with Crippen molar-refractivity contribution in [3.63, 3.8) is 0 Å². The number of halogens is 1. The molecular formula is C11H18ClNO. The molecule has 0 fully saturated rings. The Labute approximate surface area is 92.6 Å². The quantitative estimate of drug-likeness (QED) is 0.435. The number of allylic oxidation sites excluding steroid dienone is 2. The van der Waals surface area contributed by atoms with E-state index in [1.54, 1.807) is 6.26 Å². The van der Waals surface area contributed by atoms with Crippen LogP contribution in [0.1, 0.15) is 6.42 Å². The van der Waals surface area contributed by atoms with Gasteiger partial charge in [0.15, 0.2) is 5.76 Å². The first-order valence-electron chi connectivity index (χ1n) is 4.58. The van der Waals surface area contributed by atoms with Gasteiger partial charge < -0.3 is 21.6 Å². The summed E-state index contributed by atoms with van der Waals surface area (Å²) >= 11 is 0. The maximum Gasteiger partial charge on any atom is 0.154 e. The van der Waals surface area contributed by atoms with Crippen LogP contribution in [0.25, 0.3) is 0 Å². The Hall–Kier alpha value is -0.730. The van der Waals surface area contributed by atoms with Crippen molar-refractivity contribution in [1.29, 1.82) is 0 Å². The first-order chi connectivity index (χ1) is 6.14. The van der Waals surface area contributed by atoms with Crippen LogP contribution in [0.4, 0.5) is 0 Å². The van der Waals surface area contributed by atoms with Gasteiger partial charge in [0.2, 0.25) is 0 Å². The van der Waals surface area contributed by atoms with Crippen molar-refractivity contribution in [2.24, 2.45) is 0 Å². The summed E-state index contributed by atoms with van der Waals surface area (Å²) in [6.45, 7) is 5.64. The number of rotatable bonds is 4. The third-order valence-corrected chi connectivity index (χ3v) is 2.00. The average molecular weight is 216 g/mol. The van der Waals surface area contributed by atoms with Crippen molar-refractivity contribution >= 4 is 0 Å². The van der Waals surface area contributed by atoms with E-state index in [0.29, 0.717) is 0 Å². The fourth-order valence-corrected chi connectivity index (χ4v) is 1.38. The van der Waals surface area contributed by atoms with E-state index in [2.05, 4.69) is 26.8 Å². The monoisotopic (exact) mass is 215 g/mol. The Bertz CT molecular complexity index is 244. The number of likely N-dealkylation sites (N-methyl/N-ethyl adjacent to an activating group) is 1. The summed E-state index contributed by atoms with van der Waals surface area (Å²) in [5, 5.41) is 0. The summed E-state index contributed by atoms with van der Waals surface area (Å²) in [7, 11) is 4.34. The van der Waals surface area contributed by atoms with Crippen LogP contribution in [-0.2, 0) is 4.74 Å². The molecule has 0 aromatic carbocycles. The standard InChI is InChI=1S/C11H18NO.ClH/c1-4-8-12(2,3)10-11-7-5-6-9-13-11;/h4,6-7,9H,1,5,8,10H2,2-3H3;1H/q+1;/p-1. The minimum absolute atomic E-state index is 0. The zero-order valence-corrected chi connectivity index (χ0v) is 9.63. The van der Waals surface area contributed by atoms with Crippen molar-refractivity contribution in [2.45, 2.75) is 6.42 Å². The maximum absolute atomic E-state index is 5.39. The summed E-state index contributed by atoms with van der Waals surface area (Å²) < 4.78 is 6.28. The molecule has 0 unspecified atom stereocenters. The number of hydrogen-bond acceptors (Lipinski definition) is 1. The van der Waals surface area contributed by atoms with Gasteiger partial charge in [-0.2, -0.15) is 0 Å². The summed E-state index contributed by atoms with van der Waals surface area (Å²) in [6.07, 6.45) is 8.84. The van der Waals surface area contributed by atoms with Gasteiger partial charge in [0.05, 0.1) is 26.9 Å². The van der Waals surface area contributed by atoms with Crippen LogP contribution in [0, 0.1) is 0 Å². The Morgan fingerprint density at radius 1 is 1.57 bits per heavy atom. The predicted molar refractivity (Wildman–Crippen MR) is 55.0 cm³/mol. The smallest absolute Gasteiger partial charge is 0.154 e. The van der Waals surface area contributed by atoms with Crippen LogP contribution < -0.4 is 12.4 Å². The van der Waals surface area contributed by atoms with Crippen LogP contribution in [0.2, 0.25) is 0 Å². The van der Waals surface area contributed by atoms with Gasteiger partial charge in [-0.3, -0.25) is 0 Å². The lowest BCUT2D eigenvalue weighted by atomic mass is 10.3. The van der Waals surface area contributed by atoms with Gasteiger partial charge in [0, 0.05) is 0 Å². The fourth-order valence-electron chi connectivity index (χ4n) is 1.38. The Morgan fingerprint density at radius 2 is 2.29 bits per heavy atom. The zero-order valence-electron chi connectivity index (χ0n) is 8.87. The maximum atomic E-state index is 5.39. The van der Waals surface area contributed by atoms with Gasteiger partial charge in [-0.1, -0.05) is 6.58 Å². The second-order valence-electron chi connectivity index (χ2n) is 3.96. The third-order valence-electron chi connectivity index (χ3n) is 2.00. The molecule has 1 aliphatic heterocycles. The van der Waals surface area contributed by atoms with E-state index >= 15 is 0 Å². The molecule has 0 aliphatic carbocycles. The van der Waals surface area contributed by atoms with E-state index in [9.17, 15) is 0 Å². The molecule has 1 rings (SSSR count). The van der Waals surface area contributed by atoms with Crippen molar-refractivity contribution in [3.8, 4) is 0 Å². The lowest BCUT2D eigenvalue weighted by molar-refractivity contribution is -0.881. The highest BCUT2D eigenvalue weighted by Crippen LogP contribution is 2.11. The molecule has 0 saturated carbocycles. The predicted octanol–water partition coefficient (Wildman–Crippen LogP) is -0.929. The van der Waals surface area contributed by atoms with Gasteiger partial charge in [0.25, 0.3) is 0 Å². The van der Waals surface area contributed by atoms with Crippen LogP contribution in [0.15, 0.2) is 36.8 Å². The summed E-state index contributed by atoms with van der Waals surface area (Å²) in [5.74, 6) is 1.06. The lowest BCUT2D eigenvalue weighted by Gasteiger charge is -2.29. The molecule has 2 nitrogen and oxygen atoms in total. The zero-order chi connectivity index (χ0) is 9.73. The molecule has 0 radical (unpaired) electrons. The lowest BCUT2D eigenvalue weighted by Crippen LogP contribution is -3.00. The molecule has 80 valence electrons. The van der Waals surface area contributed by atoms with Gasteiger partial charge in [0.1, 0.15) is 6.54 Å². The van der Waals surface area contributed by atoms with Gasteiger partial charge >= 0.3 is 0 Å². The normalized spacial score (nSPS) is 15.1. The second-order valence-corrected chi connectivity index (χ2v) is 3.96. The average Bonchev–Trinajstić information content (AvgIpc) is 2.04. The molecule has 1 heterocycles. The Morgan fingerprint density at radius 3 is 2.79 bits per heavy atom. The molecular weight excluding hydrogens is 198 g/mol. The first-order valence-corrected chi connectivity index (χ1v) is 4.58. The molecule has 0 aromatic rings. The van der Waals surface area contributed by atoms with Gasteiger partial charge in [-0.15, -0.1) is 0 Å². The molecule has 0 N–H and O–H groups in total. The van der Waals surface area contributed by atoms with E-state index in [4.69, 9.17) is 4.74 Å². The van der Waals surface area contributed by atoms with Gasteiger partial charge in [-0.25, -0.2) is 0 Å². The topological polar surface area (TPSA) is 9.23 Å². The van der Waals surface area contributed by atoms with Crippen LogP contribution in [-0.4, -0.2) is 31.7 Å². The molecule has 0 atom stereocenters. The molecule has 0 spiro atoms. The van der Waals surface area contributed by atoms with Gasteiger partial charge in [-0.05, 0) is 24.6 Å². The molecule has 3 heteroatoms. The van der Waals surface area contributed by atoms with Crippen molar-refractivity contribution in [1.82, 2.24) is 0 Å². The summed E-state index contributed by atoms with van der Waals surface area (Å²) in [5.41, 5.74) is 0. The minimum Gasteiger partial charge on any atom is -1.00 e. The SMILES string of the molecule is C=CC[N+](C)(C)CC1=CCC=CO1.[Cl-]. The molecule has 14 heavy (non-hydrogen) atoms. The van der Waals surface area contributed by atoms with Crippen LogP contribution >= 0.6 is 0 Å². The molecule has 0 aromatic heterocycles. The van der Waals surface area contributed by atoms with Crippen molar-refractivity contribution in [3.05, 3.63) is 36.8 Å². The summed E-state index contributed by atoms with van der Waals surface area (Å²) in [4.78, 5) is 0. The molecule has 0 bridgehead atoms. The van der Waals surface area contributed by atoms with E-state index in [-0.39, 0.29) is 12.4 Å². The number of nitrogens with zero attached hydrogens (tertiary/aromatic N) is 1. The van der Waals surface area contributed by atoms with Crippen molar-refractivity contribution in [2.75, 3.05) is 27.2 Å². The molecule has 0 amide bonds. The fraction of sp³-hybridized carbons (Fsp3) is 0.455. The summed E-state index contributed by atoms with van der Waals surface area (Å²) in [6, 6.07) is 0. The van der Waals surface area contributed by atoms with E-state index in [1.165, 1.54) is 0 Å². The Balaban J connectivity index is 0.00000169. The largest absolute Gasteiger partial charge is 1.00 e. The van der Waals surface area contributed by atoms with E-state index in [1.807, 2.05) is 12.2 Å². The number of ether oxygens (including phenoxy) is 1. The molecule has 0 saturated heterocycles. The minimum atomic E-state index is 0. The van der Waals surface area contributed by atoms with Crippen molar-refractivity contribution < 1.29 is 21.6 Å². The Kier molecular flexibility index (Phi) is 5.58. The van der Waals surface area contributed by atoms with E-state index < -0.39 is 0 Å². The van der Waals surface area contributed by atoms with Crippen LogP contribution in [0.3, 0.4) is 0 Å². The highest BCUT2D eigenvalue weighted by molar-refractivity contribution is 5.04. The third kappa shape index (κ3) is 4.49. The first kappa shape index (κ1) is 13.3. The van der Waals surface area contributed by atoms with E-state index in [0.717, 1.165) is 29.8 Å². The highest BCUT2D eigenvalue weighted by Gasteiger charge is 2.16. The number of hydrogen-bond donors (Lipinski definition) is 0. The number of quaternary nitrogens is 1. The van der Waals surface area contributed by atoms with Crippen LogP contribution in [0.5, 0.6) is 0 Å². The highest BCUT2D eigenvalue weighted by atomic mass is 35.5. The second kappa shape index (κ2) is 5.89. The molecule has 1 aliphatic rings.